The number of anilines is 2. The average Bonchev–Trinajstić information content (AvgIpc) is 3.22. The number of hydrogen-bond acceptors (Lipinski definition) is 7. The fourth-order valence-corrected chi connectivity index (χ4v) is 4.65. The molecule has 4 N–H and O–H groups in total. The third-order valence-corrected chi connectivity index (χ3v) is 6.23. The maximum Gasteiger partial charge on any atom is 0.225 e. The Morgan fingerprint density at radius 1 is 0.647 bits per heavy atom. The van der Waals surface area contributed by atoms with E-state index in [1.165, 1.54) is 5.56 Å². The molecule has 0 amide bonds. The number of aromatic nitrogens is 5. The third kappa shape index (κ3) is 4.77. The lowest BCUT2D eigenvalue weighted by Gasteiger charge is -2.13. The predicted molar refractivity (Wildman–Crippen MR) is 137 cm³/mol. The van der Waals surface area contributed by atoms with Gasteiger partial charge in [0.25, 0.3) is 0 Å². The lowest BCUT2D eigenvalue weighted by atomic mass is 10.0. The second kappa shape index (κ2) is 9.76. The zero-order valence-corrected chi connectivity index (χ0v) is 19.2. The molecule has 0 aliphatic rings. The number of imidazole rings is 1. The molecule has 0 unspecified atom stereocenters. The monoisotopic (exact) mass is 465 g/mol. The van der Waals surface area contributed by atoms with Gasteiger partial charge in [0.1, 0.15) is 5.82 Å². The van der Waals surface area contributed by atoms with E-state index in [1.54, 1.807) is 11.8 Å². The van der Waals surface area contributed by atoms with E-state index in [9.17, 15) is 0 Å². The summed E-state index contributed by atoms with van der Waals surface area (Å²) in [6, 6.07) is 31.0. The van der Waals surface area contributed by atoms with E-state index >= 15 is 0 Å². The summed E-state index contributed by atoms with van der Waals surface area (Å²) in [5.74, 6) is 1.22. The fraction of sp³-hybridized carbons (Fsp3) is 0.0769. The van der Waals surface area contributed by atoms with Crippen LogP contribution >= 0.6 is 11.8 Å². The minimum Gasteiger partial charge on any atom is -0.368 e. The Hall–Kier alpha value is -4.17. The van der Waals surface area contributed by atoms with E-state index in [0.29, 0.717) is 18.1 Å². The highest BCUT2D eigenvalue weighted by Crippen LogP contribution is 2.37. The van der Waals surface area contributed by atoms with E-state index in [0.717, 1.165) is 27.7 Å². The molecule has 2 heterocycles. The van der Waals surface area contributed by atoms with Crippen LogP contribution in [0.3, 0.4) is 0 Å². The molecule has 0 saturated carbocycles. The van der Waals surface area contributed by atoms with Gasteiger partial charge in [-0.15, -0.1) is 0 Å². The lowest BCUT2D eigenvalue weighted by Crippen LogP contribution is -2.07. The maximum absolute atomic E-state index is 5.77. The summed E-state index contributed by atoms with van der Waals surface area (Å²) in [7, 11) is 0. The van der Waals surface area contributed by atoms with Gasteiger partial charge in [0.2, 0.25) is 11.9 Å². The molecule has 0 atom stereocenters. The van der Waals surface area contributed by atoms with Crippen LogP contribution in [0.15, 0.2) is 96.2 Å². The van der Waals surface area contributed by atoms with Gasteiger partial charge >= 0.3 is 0 Å². The summed E-state index contributed by atoms with van der Waals surface area (Å²) in [4.78, 5) is 17.4. The standard InChI is InChI=1S/C26H23N7S/c27-24-29-21(30-25(28)32-24)17-34-26-31-22(19-12-6-2-7-13-19)23(20-14-8-3-9-15-20)33(26)16-18-10-4-1-5-11-18/h1-15H,16-17H2,(H4,27,28,29,30,32). The van der Waals surface area contributed by atoms with Crippen LogP contribution in [0.4, 0.5) is 11.9 Å². The molecule has 5 aromatic rings. The molecule has 168 valence electrons. The van der Waals surface area contributed by atoms with Crippen LogP contribution in [0.5, 0.6) is 0 Å². The van der Waals surface area contributed by atoms with Gasteiger partial charge in [-0.2, -0.15) is 15.0 Å². The molecule has 3 aromatic carbocycles. The summed E-state index contributed by atoms with van der Waals surface area (Å²) in [6.45, 7) is 0.675. The summed E-state index contributed by atoms with van der Waals surface area (Å²) < 4.78 is 2.26. The molecule has 7 nitrogen and oxygen atoms in total. The van der Waals surface area contributed by atoms with Gasteiger partial charge < -0.3 is 16.0 Å². The molecule has 0 saturated heterocycles. The largest absolute Gasteiger partial charge is 0.368 e. The highest BCUT2D eigenvalue weighted by molar-refractivity contribution is 7.98. The van der Waals surface area contributed by atoms with Crippen molar-refractivity contribution in [3.05, 3.63) is 102 Å². The van der Waals surface area contributed by atoms with Gasteiger partial charge in [-0.25, -0.2) is 4.98 Å². The number of thioether (sulfide) groups is 1. The normalized spacial score (nSPS) is 10.9. The number of benzene rings is 3. The van der Waals surface area contributed by atoms with Gasteiger partial charge in [0.05, 0.1) is 23.7 Å². The summed E-state index contributed by atoms with van der Waals surface area (Å²) >= 11 is 1.55. The predicted octanol–water partition coefficient (Wildman–Crippen LogP) is 4.91. The molecule has 2 aromatic heterocycles. The highest BCUT2D eigenvalue weighted by atomic mass is 32.2. The first-order valence-corrected chi connectivity index (χ1v) is 11.8. The van der Waals surface area contributed by atoms with Gasteiger partial charge in [-0.1, -0.05) is 103 Å². The SMILES string of the molecule is Nc1nc(N)nc(CSc2nc(-c3ccccc3)c(-c3ccccc3)n2Cc2ccccc2)n1. The summed E-state index contributed by atoms with van der Waals surface area (Å²) in [6.07, 6.45) is 0. The average molecular weight is 466 g/mol. The van der Waals surface area contributed by atoms with Crippen LogP contribution in [0.25, 0.3) is 22.5 Å². The second-order valence-corrected chi connectivity index (χ2v) is 8.59. The van der Waals surface area contributed by atoms with Crippen LogP contribution in [0.1, 0.15) is 11.4 Å². The topological polar surface area (TPSA) is 109 Å². The third-order valence-electron chi connectivity index (χ3n) is 5.26. The van der Waals surface area contributed by atoms with E-state index in [-0.39, 0.29) is 11.9 Å². The zero-order valence-electron chi connectivity index (χ0n) is 18.4. The van der Waals surface area contributed by atoms with Crippen LogP contribution < -0.4 is 11.5 Å². The molecule has 0 spiro atoms. The van der Waals surface area contributed by atoms with E-state index in [4.69, 9.17) is 16.5 Å². The number of nitrogens with two attached hydrogens (primary N) is 2. The molecule has 34 heavy (non-hydrogen) atoms. The van der Waals surface area contributed by atoms with Gasteiger partial charge in [-0.3, -0.25) is 0 Å². The first-order chi connectivity index (χ1) is 16.7. The van der Waals surface area contributed by atoms with Crippen molar-refractivity contribution in [2.24, 2.45) is 0 Å². The molecule has 8 heteroatoms. The van der Waals surface area contributed by atoms with Crippen LogP contribution in [-0.2, 0) is 12.3 Å². The van der Waals surface area contributed by atoms with Gasteiger partial charge in [-0.05, 0) is 5.56 Å². The number of hydrogen-bond donors (Lipinski definition) is 2. The molecule has 0 aliphatic carbocycles. The van der Waals surface area contributed by atoms with Crippen molar-refractivity contribution < 1.29 is 0 Å². The summed E-state index contributed by atoms with van der Waals surface area (Å²) in [5, 5.41) is 0.860. The smallest absolute Gasteiger partial charge is 0.225 e. The lowest BCUT2D eigenvalue weighted by molar-refractivity contribution is 0.714. The quantitative estimate of drug-likeness (QED) is 0.329. The van der Waals surface area contributed by atoms with Gasteiger partial charge in [0.15, 0.2) is 5.16 Å². The van der Waals surface area contributed by atoms with Crippen molar-refractivity contribution in [1.82, 2.24) is 24.5 Å². The van der Waals surface area contributed by atoms with Crippen molar-refractivity contribution in [2.45, 2.75) is 17.5 Å². The zero-order chi connectivity index (χ0) is 23.3. The minimum absolute atomic E-state index is 0.116. The van der Waals surface area contributed by atoms with E-state index < -0.39 is 0 Å². The van der Waals surface area contributed by atoms with E-state index in [1.807, 2.05) is 42.5 Å². The number of nitrogens with zero attached hydrogens (tertiary/aromatic N) is 5. The Bertz CT molecular complexity index is 1370. The van der Waals surface area contributed by atoms with Crippen molar-refractivity contribution in [2.75, 3.05) is 11.5 Å². The van der Waals surface area contributed by atoms with E-state index in [2.05, 4.69) is 68.0 Å². The maximum atomic E-state index is 5.77. The molecule has 0 aliphatic heterocycles. The van der Waals surface area contributed by atoms with Crippen molar-refractivity contribution in [1.29, 1.82) is 0 Å². The second-order valence-electron chi connectivity index (χ2n) is 7.65. The molecular weight excluding hydrogens is 442 g/mol. The van der Waals surface area contributed by atoms with Crippen molar-refractivity contribution in [3.8, 4) is 22.5 Å². The Morgan fingerprint density at radius 3 is 1.82 bits per heavy atom. The molecule has 0 fully saturated rings. The van der Waals surface area contributed by atoms with Gasteiger partial charge in [0, 0.05) is 11.1 Å². The minimum atomic E-state index is 0.116. The molecule has 0 radical (unpaired) electrons. The van der Waals surface area contributed by atoms with Crippen LogP contribution in [0.2, 0.25) is 0 Å². The number of rotatable bonds is 7. The first kappa shape index (κ1) is 21.7. The molecule has 5 rings (SSSR count). The summed E-state index contributed by atoms with van der Waals surface area (Å²) in [5.41, 5.74) is 16.9. The molecular formula is C26H23N7S. The van der Waals surface area contributed by atoms with Crippen molar-refractivity contribution >= 4 is 23.7 Å². The Labute approximate surface area is 201 Å². The Balaban J connectivity index is 1.64. The van der Waals surface area contributed by atoms with Crippen LogP contribution in [0, 0.1) is 0 Å². The molecule has 0 bridgehead atoms. The van der Waals surface area contributed by atoms with Crippen molar-refractivity contribution in [3.63, 3.8) is 0 Å². The first-order valence-electron chi connectivity index (χ1n) is 10.8. The highest BCUT2D eigenvalue weighted by Gasteiger charge is 2.21. The number of nitrogen functional groups attached to an aromatic ring is 2. The van der Waals surface area contributed by atoms with Crippen LogP contribution in [-0.4, -0.2) is 24.5 Å². The Morgan fingerprint density at radius 2 is 1.21 bits per heavy atom. The Kier molecular flexibility index (Phi) is 6.22. The fourth-order valence-electron chi connectivity index (χ4n) is 3.79.